The molecule has 0 atom stereocenters. The van der Waals surface area contributed by atoms with Crippen LogP contribution in [0.3, 0.4) is 0 Å². The van der Waals surface area contributed by atoms with Gasteiger partial charge in [0.15, 0.2) is 0 Å². The molecule has 7 heteroatoms. The highest BCUT2D eigenvalue weighted by molar-refractivity contribution is 14.1. The largest absolute Gasteiger partial charge is 0.486 e. The van der Waals surface area contributed by atoms with E-state index in [9.17, 15) is 13.2 Å². The third-order valence-electron chi connectivity index (χ3n) is 4.29. The Bertz CT molecular complexity index is 764. The van der Waals surface area contributed by atoms with E-state index in [0.29, 0.717) is 18.5 Å². The molecule has 2 heterocycles. The molecular weight excluding hydrogens is 408 g/mol. The predicted molar refractivity (Wildman–Crippen MR) is 82.4 cm³/mol. The molecule has 0 N–H and O–H groups in total. The monoisotopic (exact) mass is 420 g/mol. The number of fused-ring (bicyclic) bond motifs is 1. The normalized spacial score (nSPS) is 20.6. The zero-order chi connectivity index (χ0) is 15.7. The Morgan fingerprint density at radius 1 is 1.32 bits per heavy atom. The van der Waals surface area contributed by atoms with Gasteiger partial charge in [0.2, 0.25) is 0 Å². The van der Waals surface area contributed by atoms with Crippen molar-refractivity contribution >= 4 is 22.6 Å². The van der Waals surface area contributed by atoms with Gasteiger partial charge in [-0.25, -0.2) is 13.2 Å². The molecule has 1 spiro atoms. The van der Waals surface area contributed by atoms with E-state index in [1.165, 1.54) is 10.7 Å². The van der Waals surface area contributed by atoms with Crippen molar-refractivity contribution in [1.29, 1.82) is 0 Å². The molecule has 116 valence electrons. The third kappa shape index (κ3) is 2.04. The van der Waals surface area contributed by atoms with Crippen molar-refractivity contribution < 1.29 is 17.9 Å². The molecule has 1 aromatic carbocycles. The Hall–Kier alpha value is -1.25. The number of ether oxygens (including phenoxy) is 1. The minimum absolute atomic E-state index is 0.0853. The molecule has 0 radical (unpaired) electrons. The molecule has 1 aliphatic carbocycles. The molecule has 3 nitrogen and oxygen atoms in total. The summed E-state index contributed by atoms with van der Waals surface area (Å²) < 4.78 is 51.0. The van der Waals surface area contributed by atoms with E-state index in [2.05, 4.69) is 5.10 Å². The first-order valence-electron chi connectivity index (χ1n) is 6.90. The Morgan fingerprint density at radius 2 is 2.05 bits per heavy atom. The van der Waals surface area contributed by atoms with Gasteiger partial charge in [-0.15, -0.1) is 0 Å². The van der Waals surface area contributed by atoms with E-state index in [1.807, 2.05) is 22.6 Å². The first-order valence-corrected chi connectivity index (χ1v) is 7.98. The molecule has 1 saturated carbocycles. The highest BCUT2D eigenvalue weighted by Gasteiger charge is 2.57. The van der Waals surface area contributed by atoms with Crippen LogP contribution in [0, 0.1) is 9.39 Å². The summed E-state index contributed by atoms with van der Waals surface area (Å²) in [5.41, 5.74) is -0.325. The second-order valence-electron chi connectivity index (χ2n) is 5.96. The molecule has 22 heavy (non-hydrogen) atoms. The van der Waals surface area contributed by atoms with Crippen molar-refractivity contribution in [2.24, 2.45) is 7.05 Å². The zero-order valence-corrected chi connectivity index (χ0v) is 13.8. The summed E-state index contributed by atoms with van der Waals surface area (Å²) >= 11 is 2.04. The maximum atomic E-state index is 14.4. The quantitative estimate of drug-likeness (QED) is 0.646. The van der Waals surface area contributed by atoms with Gasteiger partial charge in [0.1, 0.15) is 17.2 Å². The van der Waals surface area contributed by atoms with Crippen LogP contribution in [0.15, 0.2) is 18.3 Å². The third-order valence-corrected chi connectivity index (χ3v) is 5.08. The van der Waals surface area contributed by atoms with Crippen molar-refractivity contribution in [2.75, 3.05) is 0 Å². The standard InChI is InChI=1S/C15H12F3IN2O/c1-21-13(11(19)6-20-21)8-4-12-9(5-10(8)16)15(17,18)7-14(22-12)2-3-14/h4-6H,2-3,7H2,1H3. The number of alkyl halides is 2. The van der Waals surface area contributed by atoms with Crippen molar-refractivity contribution in [3.63, 3.8) is 0 Å². The molecule has 2 aliphatic rings. The number of aromatic nitrogens is 2. The summed E-state index contributed by atoms with van der Waals surface area (Å²) in [4.78, 5) is 0. The predicted octanol–water partition coefficient (Wildman–Crippen LogP) is 4.24. The fourth-order valence-electron chi connectivity index (χ4n) is 3.01. The van der Waals surface area contributed by atoms with E-state index in [4.69, 9.17) is 4.74 Å². The molecule has 0 saturated heterocycles. The highest BCUT2D eigenvalue weighted by atomic mass is 127. The molecule has 0 unspecified atom stereocenters. The van der Waals surface area contributed by atoms with Gasteiger partial charge < -0.3 is 4.74 Å². The van der Waals surface area contributed by atoms with Gasteiger partial charge in [-0.05, 0) is 47.6 Å². The fourth-order valence-corrected chi connectivity index (χ4v) is 3.77. The van der Waals surface area contributed by atoms with Crippen LogP contribution in [-0.4, -0.2) is 15.4 Å². The topological polar surface area (TPSA) is 27.1 Å². The lowest BCUT2D eigenvalue weighted by molar-refractivity contribution is -0.0730. The summed E-state index contributed by atoms with van der Waals surface area (Å²) in [5, 5.41) is 4.07. The number of nitrogens with zero attached hydrogens (tertiary/aromatic N) is 2. The summed E-state index contributed by atoms with van der Waals surface area (Å²) in [6.45, 7) is 0. The summed E-state index contributed by atoms with van der Waals surface area (Å²) in [6, 6.07) is 2.29. The van der Waals surface area contributed by atoms with Crippen molar-refractivity contribution in [1.82, 2.24) is 9.78 Å². The summed E-state index contributed by atoms with van der Waals surface area (Å²) in [5.74, 6) is -3.65. The smallest absolute Gasteiger partial charge is 0.280 e. The number of hydrogen-bond acceptors (Lipinski definition) is 2. The molecule has 0 bridgehead atoms. The molecule has 0 amide bonds. The van der Waals surface area contributed by atoms with Crippen LogP contribution >= 0.6 is 22.6 Å². The van der Waals surface area contributed by atoms with Gasteiger partial charge >= 0.3 is 0 Å². The Kier molecular flexibility index (Phi) is 2.87. The Balaban J connectivity index is 1.91. The van der Waals surface area contributed by atoms with Gasteiger partial charge in [-0.2, -0.15) is 5.10 Å². The van der Waals surface area contributed by atoms with Gasteiger partial charge in [0.25, 0.3) is 5.92 Å². The van der Waals surface area contributed by atoms with Crippen LogP contribution in [0.4, 0.5) is 13.2 Å². The lowest BCUT2D eigenvalue weighted by atomic mass is 9.94. The van der Waals surface area contributed by atoms with Crippen molar-refractivity contribution in [3.8, 4) is 17.0 Å². The van der Waals surface area contributed by atoms with Crippen LogP contribution in [-0.2, 0) is 13.0 Å². The molecule has 1 aromatic heterocycles. The Labute approximate surface area is 138 Å². The maximum Gasteiger partial charge on any atom is 0.280 e. The zero-order valence-electron chi connectivity index (χ0n) is 11.7. The first kappa shape index (κ1) is 14.3. The number of aryl methyl sites for hydroxylation is 1. The lowest BCUT2D eigenvalue weighted by Gasteiger charge is -2.32. The van der Waals surface area contributed by atoms with Crippen molar-refractivity contribution in [2.45, 2.75) is 30.8 Å². The number of halogens is 4. The van der Waals surface area contributed by atoms with E-state index >= 15 is 0 Å². The molecule has 2 aromatic rings. The molecule has 4 rings (SSSR count). The van der Waals surface area contributed by atoms with Gasteiger partial charge in [0.05, 0.1) is 27.4 Å². The fraction of sp³-hybridized carbons (Fsp3) is 0.400. The molecule has 1 fully saturated rings. The SMILES string of the molecule is Cn1ncc(I)c1-c1cc2c(cc1F)C(F)(F)CC1(CC1)O2. The highest BCUT2D eigenvalue weighted by Crippen LogP contribution is 2.57. The minimum Gasteiger partial charge on any atom is -0.486 e. The van der Waals surface area contributed by atoms with Gasteiger partial charge in [0, 0.05) is 12.6 Å². The first-order chi connectivity index (χ1) is 10.3. The molecular formula is C15H12F3IN2O. The van der Waals surface area contributed by atoms with E-state index in [1.54, 1.807) is 13.2 Å². The van der Waals surface area contributed by atoms with Crippen LogP contribution in [0.25, 0.3) is 11.3 Å². The van der Waals surface area contributed by atoms with Crippen LogP contribution in [0.5, 0.6) is 5.75 Å². The lowest BCUT2D eigenvalue weighted by Crippen LogP contribution is -2.34. The average Bonchev–Trinajstić information content (AvgIpc) is 3.07. The van der Waals surface area contributed by atoms with Gasteiger partial charge in [-0.3, -0.25) is 4.68 Å². The van der Waals surface area contributed by atoms with Crippen LogP contribution in [0.2, 0.25) is 0 Å². The van der Waals surface area contributed by atoms with E-state index in [-0.39, 0.29) is 23.3 Å². The number of benzene rings is 1. The van der Waals surface area contributed by atoms with Gasteiger partial charge in [-0.1, -0.05) is 0 Å². The summed E-state index contributed by atoms with van der Waals surface area (Å²) in [7, 11) is 1.69. The second-order valence-corrected chi connectivity index (χ2v) is 7.12. The number of hydrogen-bond donors (Lipinski definition) is 0. The maximum absolute atomic E-state index is 14.4. The minimum atomic E-state index is -3.05. The second kappa shape index (κ2) is 4.39. The van der Waals surface area contributed by atoms with Crippen molar-refractivity contribution in [3.05, 3.63) is 33.3 Å². The van der Waals surface area contributed by atoms with E-state index < -0.39 is 17.3 Å². The van der Waals surface area contributed by atoms with E-state index in [0.717, 1.165) is 9.64 Å². The summed E-state index contributed by atoms with van der Waals surface area (Å²) in [6.07, 6.45) is 2.48. The van der Waals surface area contributed by atoms with Crippen LogP contribution in [0.1, 0.15) is 24.8 Å². The average molecular weight is 420 g/mol. The molecule has 1 aliphatic heterocycles. The Morgan fingerprint density at radius 3 is 2.64 bits per heavy atom. The number of rotatable bonds is 1. The van der Waals surface area contributed by atoms with Crippen LogP contribution < -0.4 is 4.74 Å².